The average Bonchev–Trinajstić information content (AvgIpc) is 2.61. The number of ketones is 1. The fraction of sp³-hybridized carbons (Fsp3) is 0.556. The van der Waals surface area contributed by atoms with Crippen molar-refractivity contribution >= 4 is 23.5 Å². The predicted octanol–water partition coefficient (Wildman–Crippen LogP) is 2.45. The van der Waals surface area contributed by atoms with Gasteiger partial charge in [-0.15, -0.1) is 11.8 Å². The van der Waals surface area contributed by atoms with E-state index >= 15 is 0 Å². The van der Waals surface area contributed by atoms with Crippen LogP contribution in [-0.4, -0.2) is 54.3 Å². The highest BCUT2D eigenvalue weighted by Crippen LogP contribution is 2.17. The summed E-state index contributed by atoms with van der Waals surface area (Å²) < 4.78 is 0. The second-order valence-corrected chi connectivity index (χ2v) is 6.90. The summed E-state index contributed by atoms with van der Waals surface area (Å²) >= 11 is 1.42. The van der Waals surface area contributed by atoms with E-state index in [1.54, 1.807) is 0 Å². The maximum Gasteiger partial charge on any atom is 0.232 e. The molecule has 1 saturated heterocycles. The first kappa shape index (κ1) is 18.0. The number of carbonyl (C=O) groups is 2. The second kappa shape index (κ2) is 9.73. The zero-order valence-electron chi connectivity index (χ0n) is 13.8. The van der Waals surface area contributed by atoms with Gasteiger partial charge in [-0.05, 0) is 31.8 Å². The lowest BCUT2D eigenvalue weighted by atomic mass is 9.97. The minimum absolute atomic E-state index is 0.0905. The van der Waals surface area contributed by atoms with Gasteiger partial charge in [0.15, 0.2) is 5.78 Å². The Morgan fingerprint density at radius 1 is 1.17 bits per heavy atom. The summed E-state index contributed by atoms with van der Waals surface area (Å²) in [5.74, 6) is 1.71. The Bertz CT molecular complexity index is 499. The average molecular weight is 334 g/mol. The summed E-state index contributed by atoms with van der Waals surface area (Å²) in [6.07, 6.45) is 2.15. The van der Waals surface area contributed by atoms with Crippen LogP contribution in [0.15, 0.2) is 30.3 Å². The van der Waals surface area contributed by atoms with Crippen LogP contribution in [0.25, 0.3) is 0 Å². The number of amides is 1. The molecule has 1 heterocycles. The van der Waals surface area contributed by atoms with E-state index in [9.17, 15) is 9.59 Å². The molecule has 0 saturated carbocycles. The van der Waals surface area contributed by atoms with Gasteiger partial charge in [0.2, 0.25) is 5.91 Å². The monoisotopic (exact) mass is 334 g/mol. The van der Waals surface area contributed by atoms with Crippen LogP contribution in [0.3, 0.4) is 0 Å². The van der Waals surface area contributed by atoms with Crippen LogP contribution in [0.5, 0.6) is 0 Å². The Labute approximate surface area is 143 Å². The van der Waals surface area contributed by atoms with Gasteiger partial charge in [0.25, 0.3) is 0 Å². The van der Waals surface area contributed by atoms with Crippen LogP contribution in [0.4, 0.5) is 0 Å². The highest BCUT2D eigenvalue weighted by molar-refractivity contribution is 8.00. The van der Waals surface area contributed by atoms with E-state index in [-0.39, 0.29) is 11.7 Å². The molecule has 0 radical (unpaired) electrons. The lowest BCUT2D eigenvalue weighted by Crippen LogP contribution is -2.41. The molecule has 1 aliphatic rings. The second-order valence-electron chi connectivity index (χ2n) is 5.91. The largest absolute Gasteiger partial charge is 0.342 e. The molecule has 1 aromatic rings. The molecular formula is C18H26N2O2S. The minimum Gasteiger partial charge on any atom is -0.342 e. The molecule has 0 aliphatic carbocycles. The SMILES string of the molecule is CCNCC1CCN(C(=O)CSCC(=O)c2ccccc2)CC1. The summed E-state index contributed by atoms with van der Waals surface area (Å²) in [6, 6.07) is 9.26. The Balaban J connectivity index is 1.65. The first-order valence-electron chi connectivity index (χ1n) is 8.35. The maximum absolute atomic E-state index is 12.2. The van der Waals surface area contributed by atoms with Crippen molar-refractivity contribution in [2.75, 3.05) is 37.7 Å². The van der Waals surface area contributed by atoms with Gasteiger partial charge in [-0.3, -0.25) is 9.59 Å². The molecule has 1 amide bonds. The van der Waals surface area contributed by atoms with Crippen molar-refractivity contribution in [2.24, 2.45) is 5.92 Å². The van der Waals surface area contributed by atoms with Crippen LogP contribution < -0.4 is 5.32 Å². The van der Waals surface area contributed by atoms with Gasteiger partial charge < -0.3 is 10.2 Å². The third-order valence-electron chi connectivity index (χ3n) is 4.20. The zero-order chi connectivity index (χ0) is 16.5. The summed E-state index contributed by atoms with van der Waals surface area (Å²) in [6.45, 7) is 5.88. The number of carbonyl (C=O) groups excluding carboxylic acids is 2. The van der Waals surface area contributed by atoms with E-state index in [0.29, 0.717) is 17.4 Å². The predicted molar refractivity (Wildman–Crippen MR) is 95.9 cm³/mol. The lowest BCUT2D eigenvalue weighted by molar-refractivity contribution is -0.129. The Morgan fingerprint density at radius 2 is 1.87 bits per heavy atom. The molecule has 0 bridgehead atoms. The number of nitrogens with zero attached hydrogens (tertiary/aromatic N) is 1. The summed E-state index contributed by atoms with van der Waals surface area (Å²) in [7, 11) is 0. The van der Waals surface area contributed by atoms with Crippen LogP contribution in [-0.2, 0) is 4.79 Å². The van der Waals surface area contributed by atoms with E-state index in [4.69, 9.17) is 0 Å². The number of benzene rings is 1. The molecule has 5 heteroatoms. The maximum atomic E-state index is 12.2. The fourth-order valence-electron chi connectivity index (χ4n) is 2.76. The Morgan fingerprint density at radius 3 is 2.52 bits per heavy atom. The number of piperidine rings is 1. The van der Waals surface area contributed by atoms with Crippen molar-refractivity contribution in [3.63, 3.8) is 0 Å². The molecule has 126 valence electrons. The molecule has 0 unspecified atom stereocenters. The first-order chi connectivity index (χ1) is 11.2. The van der Waals surface area contributed by atoms with Gasteiger partial charge in [-0.1, -0.05) is 37.3 Å². The van der Waals surface area contributed by atoms with Crippen LogP contribution >= 0.6 is 11.8 Å². The smallest absolute Gasteiger partial charge is 0.232 e. The third-order valence-corrected chi connectivity index (χ3v) is 5.12. The van der Waals surface area contributed by atoms with Gasteiger partial charge in [0.1, 0.15) is 0 Å². The van der Waals surface area contributed by atoms with Gasteiger partial charge in [-0.2, -0.15) is 0 Å². The summed E-state index contributed by atoms with van der Waals surface area (Å²) in [5.41, 5.74) is 0.719. The van der Waals surface area contributed by atoms with Gasteiger partial charge in [-0.25, -0.2) is 0 Å². The van der Waals surface area contributed by atoms with E-state index in [1.165, 1.54) is 11.8 Å². The number of Topliss-reactive ketones (excluding diaryl/α,β-unsaturated/α-hetero) is 1. The van der Waals surface area contributed by atoms with Crippen LogP contribution in [0, 0.1) is 5.92 Å². The van der Waals surface area contributed by atoms with Gasteiger partial charge >= 0.3 is 0 Å². The van der Waals surface area contributed by atoms with Crippen molar-refractivity contribution in [1.82, 2.24) is 10.2 Å². The van der Waals surface area contributed by atoms with Gasteiger partial charge in [0.05, 0.1) is 11.5 Å². The summed E-state index contributed by atoms with van der Waals surface area (Å²) in [4.78, 5) is 26.2. The molecule has 4 nitrogen and oxygen atoms in total. The molecule has 2 rings (SSSR count). The van der Waals surface area contributed by atoms with E-state index in [1.807, 2.05) is 35.2 Å². The number of hydrogen-bond acceptors (Lipinski definition) is 4. The van der Waals surface area contributed by atoms with E-state index < -0.39 is 0 Å². The zero-order valence-corrected chi connectivity index (χ0v) is 14.6. The van der Waals surface area contributed by atoms with Crippen LogP contribution in [0.1, 0.15) is 30.1 Å². The number of thioether (sulfide) groups is 1. The number of hydrogen-bond donors (Lipinski definition) is 1. The minimum atomic E-state index is 0.0905. The standard InChI is InChI=1S/C18H26N2O2S/c1-2-19-12-15-8-10-20(11-9-15)18(22)14-23-13-17(21)16-6-4-3-5-7-16/h3-7,15,19H,2,8-14H2,1H3. The molecule has 0 atom stereocenters. The third kappa shape index (κ3) is 5.99. The number of rotatable bonds is 8. The molecule has 0 aromatic heterocycles. The first-order valence-corrected chi connectivity index (χ1v) is 9.50. The lowest BCUT2D eigenvalue weighted by Gasteiger charge is -2.32. The molecule has 1 N–H and O–H groups in total. The quantitative estimate of drug-likeness (QED) is 0.742. The fourth-order valence-corrected chi connectivity index (χ4v) is 3.58. The molecule has 1 aromatic carbocycles. The van der Waals surface area contributed by atoms with Crippen molar-refractivity contribution in [1.29, 1.82) is 0 Å². The molecule has 1 fully saturated rings. The van der Waals surface area contributed by atoms with Crippen molar-refractivity contribution < 1.29 is 9.59 Å². The molecule has 23 heavy (non-hydrogen) atoms. The Kier molecular flexibility index (Phi) is 7.62. The van der Waals surface area contributed by atoms with Crippen molar-refractivity contribution in [3.8, 4) is 0 Å². The highest BCUT2D eigenvalue weighted by atomic mass is 32.2. The van der Waals surface area contributed by atoms with E-state index in [0.717, 1.165) is 44.6 Å². The van der Waals surface area contributed by atoms with Crippen LogP contribution in [0.2, 0.25) is 0 Å². The Hall–Kier alpha value is -1.33. The summed E-state index contributed by atoms with van der Waals surface area (Å²) in [5, 5.41) is 3.38. The number of likely N-dealkylation sites (tertiary alicyclic amines) is 1. The van der Waals surface area contributed by atoms with Gasteiger partial charge in [0, 0.05) is 18.7 Å². The molecule has 0 spiro atoms. The topological polar surface area (TPSA) is 49.4 Å². The normalized spacial score (nSPS) is 15.6. The molecular weight excluding hydrogens is 308 g/mol. The number of nitrogens with one attached hydrogen (secondary N) is 1. The van der Waals surface area contributed by atoms with Crippen molar-refractivity contribution in [2.45, 2.75) is 19.8 Å². The van der Waals surface area contributed by atoms with Crippen molar-refractivity contribution in [3.05, 3.63) is 35.9 Å². The highest BCUT2D eigenvalue weighted by Gasteiger charge is 2.22. The molecule has 1 aliphatic heterocycles. The van der Waals surface area contributed by atoms with E-state index in [2.05, 4.69) is 12.2 Å².